The molecule has 0 radical (unpaired) electrons. The van der Waals surface area contributed by atoms with Crippen LogP contribution in [0.5, 0.6) is 0 Å². The van der Waals surface area contributed by atoms with Crippen molar-refractivity contribution in [3.8, 4) is 0 Å². The number of rotatable bonds is 0. The van der Waals surface area contributed by atoms with Gasteiger partial charge in [0.1, 0.15) is 6.73 Å². The minimum atomic E-state index is -0.903. The van der Waals surface area contributed by atoms with Gasteiger partial charge < -0.3 is 4.74 Å². The second kappa shape index (κ2) is 1.47. The van der Waals surface area contributed by atoms with E-state index >= 15 is 0 Å². The van der Waals surface area contributed by atoms with Crippen molar-refractivity contribution in [2.75, 3.05) is 6.73 Å². The first kappa shape index (κ1) is 5.08. The Balaban J connectivity index is 2.57. The molecule has 3 nitrogen and oxygen atoms in total. The predicted molar refractivity (Wildman–Crippen MR) is 30.3 cm³/mol. The number of nitrogens with zero attached hydrogens (tertiary/aromatic N) is 1. The first-order valence-electron chi connectivity index (χ1n) is 1.87. The molecule has 0 saturated carbocycles. The number of nitrogens with two attached hydrogens (primary N) is 1. The molecule has 1 atom stereocenters. The van der Waals surface area contributed by atoms with Gasteiger partial charge in [-0.1, -0.05) is 0 Å². The summed E-state index contributed by atoms with van der Waals surface area (Å²) >= 11 is 3.86. The quantitative estimate of drug-likeness (QED) is 0.335. The summed E-state index contributed by atoms with van der Waals surface area (Å²) in [6.07, 6.45) is 1.47. The molecule has 0 spiro atoms. The van der Waals surface area contributed by atoms with Crippen LogP contribution in [-0.2, 0) is 4.74 Å². The highest BCUT2D eigenvalue weighted by molar-refractivity contribution is 7.82. The molecule has 0 fully saturated rings. The molecule has 0 aromatic heterocycles. The van der Waals surface area contributed by atoms with E-state index in [1.54, 1.807) is 0 Å². The van der Waals surface area contributed by atoms with Crippen molar-refractivity contribution in [3.63, 3.8) is 0 Å². The standard InChI is InChI=1S/C3H6N2OS/c4-3(7)1-5-2-6-3/h1,7H,2,4H2. The van der Waals surface area contributed by atoms with Crippen LogP contribution in [0.4, 0.5) is 0 Å². The monoisotopic (exact) mass is 118 g/mol. The number of hydrogen-bond acceptors (Lipinski definition) is 4. The minimum Gasteiger partial charge on any atom is -0.324 e. The van der Waals surface area contributed by atoms with Crippen LogP contribution in [0.25, 0.3) is 0 Å². The van der Waals surface area contributed by atoms with E-state index in [1.807, 2.05) is 0 Å². The fourth-order valence-electron chi connectivity index (χ4n) is 0.346. The molecular formula is C3H6N2OS. The molecule has 1 heterocycles. The second-order valence-corrected chi connectivity index (χ2v) is 2.04. The van der Waals surface area contributed by atoms with Gasteiger partial charge in [0.2, 0.25) is 5.06 Å². The highest BCUT2D eigenvalue weighted by Gasteiger charge is 2.20. The molecule has 0 aromatic rings. The first-order valence-corrected chi connectivity index (χ1v) is 2.32. The smallest absolute Gasteiger partial charge is 0.200 e. The Morgan fingerprint density at radius 2 is 2.71 bits per heavy atom. The van der Waals surface area contributed by atoms with Gasteiger partial charge in [0.05, 0.1) is 6.21 Å². The molecule has 40 valence electrons. The Morgan fingerprint density at radius 3 is 2.86 bits per heavy atom. The first-order chi connectivity index (χ1) is 3.21. The van der Waals surface area contributed by atoms with Crippen LogP contribution in [-0.4, -0.2) is 18.0 Å². The Hall–Kier alpha value is -0.0600. The molecule has 1 unspecified atom stereocenters. The summed E-state index contributed by atoms with van der Waals surface area (Å²) in [6.45, 7) is 0.333. The Bertz CT molecular complexity index is 101. The predicted octanol–water partition coefficient (Wildman–Crippen LogP) is -0.413. The molecule has 0 bridgehead atoms. The van der Waals surface area contributed by atoms with E-state index in [9.17, 15) is 0 Å². The molecule has 1 rings (SSSR count). The van der Waals surface area contributed by atoms with Gasteiger partial charge in [-0.3, -0.25) is 10.7 Å². The van der Waals surface area contributed by atoms with Crippen LogP contribution in [0.2, 0.25) is 0 Å². The van der Waals surface area contributed by atoms with Gasteiger partial charge in [0.15, 0.2) is 0 Å². The second-order valence-electron chi connectivity index (χ2n) is 1.34. The molecule has 0 aliphatic carbocycles. The largest absolute Gasteiger partial charge is 0.324 e. The fourth-order valence-corrected chi connectivity index (χ4v) is 0.485. The average Bonchev–Trinajstić information content (AvgIpc) is 1.84. The Kier molecular flexibility index (Phi) is 1.07. The fraction of sp³-hybridized carbons (Fsp3) is 0.667. The van der Waals surface area contributed by atoms with Crippen LogP contribution in [0, 0.1) is 0 Å². The molecule has 1 aliphatic heterocycles. The number of thiol groups is 1. The SMILES string of the molecule is NC1(S)C=NCO1. The summed E-state index contributed by atoms with van der Waals surface area (Å²) in [5.74, 6) is 0. The zero-order chi connectivity index (χ0) is 5.33. The molecule has 0 saturated heterocycles. The van der Waals surface area contributed by atoms with Crippen LogP contribution < -0.4 is 5.73 Å². The lowest BCUT2D eigenvalue weighted by Crippen LogP contribution is -2.34. The molecule has 1 aliphatic rings. The molecule has 7 heavy (non-hydrogen) atoms. The third-order valence-corrected chi connectivity index (χ3v) is 0.891. The maximum Gasteiger partial charge on any atom is 0.200 e. The van der Waals surface area contributed by atoms with Crippen molar-refractivity contribution in [2.24, 2.45) is 10.7 Å². The average molecular weight is 118 g/mol. The lowest BCUT2D eigenvalue weighted by atomic mass is 10.7. The summed E-state index contributed by atoms with van der Waals surface area (Å²) in [5, 5.41) is -0.903. The zero-order valence-electron chi connectivity index (χ0n) is 3.66. The normalized spacial score (nSPS) is 39.7. The van der Waals surface area contributed by atoms with Gasteiger partial charge >= 0.3 is 0 Å². The van der Waals surface area contributed by atoms with E-state index in [-0.39, 0.29) is 0 Å². The summed E-state index contributed by atoms with van der Waals surface area (Å²) in [5.41, 5.74) is 5.27. The van der Waals surface area contributed by atoms with Crippen LogP contribution in [0.15, 0.2) is 4.99 Å². The summed E-state index contributed by atoms with van der Waals surface area (Å²) in [7, 11) is 0. The van der Waals surface area contributed by atoms with E-state index in [4.69, 9.17) is 10.5 Å². The van der Waals surface area contributed by atoms with Crippen molar-refractivity contribution in [3.05, 3.63) is 0 Å². The van der Waals surface area contributed by atoms with E-state index in [0.717, 1.165) is 0 Å². The van der Waals surface area contributed by atoms with Gasteiger partial charge in [-0.05, 0) is 0 Å². The molecule has 0 aromatic carbocycles. The minimum absolute atomic E-state index is 0.333. The Labute approximate surface area is 47.0 Å². The third-order valence-electron chi connectivity index (χ3n) is 0.647. The van der Waals surface area contributed by atoms with Gasteiger partial charge in [0, 0.05) is 0 Å². The number of hydrogen-bond donors (Lipinski definition) is 2. The molecule has 0 amide bonds. The summed E-state index contributed by atoms with van der Waals surface area (Å²) in [6, 6.07) is 0. The topological polar surface area (TPSA) is 47.6 Å². The van der Waals surface area contributed by atoms with Gasteiger partial charge in [-0.15, -0.1) is 12.6 Å². The molecule has 2 N–H and O–H groups in total. The maximum atomic E-state index is 5.27. The van der Waals surface area contributed by atoms with Gasteiger partial charge in [0.25, 0.3) is 0 Å². The van der Waals surface area contributed by atoms with E-state index in [0.29, 0.717) is 6.73 Å². The molecular weight excluding hydrogens is 112 g/mol. The van der Waals surface area contributed by atoms with Crippen LogP contribution in [0.1, 0.15) is 0 Å². The van der Waals surface area contributed by atoms with E-state index in [2.05, 4.69) is 17.6 Å². The van der Waals surface area contributed by atoms with Crippen LogP contribution >= 0.6 is 12.6 Å². The van der Waals surface area contributed by atoms with Crippen molar-refractivity contribution < 1.29 is 4.74 Å². The lowest BCUT2D eigenvalue weighted by Gasteiger charge is -2.09. The van der Waals surface area contributed by atoms with Gasteiger partial charge in [-0.2, -0.15) is 0 Å². The van der Waals surface area contributed by atoms with Crippen molar-refractivity contribution in [1.82, 2.24) is 0 Å². The maximum absolute atomic E-state index is 5.27. The third kappa shape index (κ3) is 1.15. The van der Waals surface area contributed by atoms with Crippen molar-refractivity contribution in [1.29, 1.82) is 0 Å². The molecule has 4 heteroatoms. The lowest BCUT2D eigenvalue weighted by molar-refractivity contribution is 0.109. The zero-order valence-corrected chi connectivity index (χ0v) is 4.56. The Morgan fingerprint density at radius 1 is 2.00 bits per heavy atom. The highest BCUT2D eigenvalue weighted by Crippen LogP contribution is 2.09. The van der Waals surface area contributed by atoms with E-state index < -0.39 is 5.06 Å². The summed E-state index contributed by atoms with van der Waals surface area (Å²) in [4.78, 5) is 3.69. The number of ether oxygens (including phenoxy) is 1. The summed E-state index contributed by atoms with van der Waals surface area (Å²) < 4.78 is 4.76. The number of aliphatic imine (C=N–C) groups is 1. The van der Waals surface area contributed by atoms with Crippen molar-refractivity contribution >= 4 is 18.8 Å². The van der Waals surface area contributed by atoms with Crippen molar-refractivity contribution in [2.45, 2.75) is 5.06 Å². The van der Waals surface area contributed by atoms with E-state index in [1.165, 1.54) is 6.21 Å². The van der Waals surface area contributed by atoms with Gasteiger partial charge in [-0.25, -0.2) is 0 Å². The highest BCUT2D eigenvalue weighted by atomic mass is 32.1. The van der Waals surface area contributed by atoms with Crippen LogP contribution in [0.3, 0.4) is 0 Å².